The van der Waals surface area contributed by atoms with Crippen LogP contribution >= 0.6 is 0 Å². The van der Waals surface area contributed by atoms with Crippen molar-refractivity contribution < 1.29 is 14.0 Å². The molecule has 0 spiro atoms. The molecule has 0 N–H and O–H groups in total. The van der Waals surface area contributed by atoms with Crippen LogP contribution in [0, 0.1) is 11.8 Å². The lowest BCUT2D eigenvalue weighted by Gasteiger charge is -2.45. The SMILES string of the molecule is C[Si](C)(C)OC1=C2CCCCC2[C@H]2C(=O)c3ccccc3O[C@H]2C1. The van der Waals surface area contributed by atoms with Gasteiger partial charge in [-0.15, -0.1) is 0 Å². The lowest BCUT2D eigenvalue weighted by molar-refractivity contribution is 0.0412. The number of para-hydroxylation sites is 1. The van der Waals surface area contributed by atoms with Crippen molar-refractivity contribution >= 4 is 14.1 Å². The highest BCUT2D eigenvalue weighted by molar-refractivity contribution is 6.70. The Balaban J connectivity index is 1.74. The van der Waals surface area contributed by atoms with E-state index in [4.69, 9.17) is 9.16 Å². The lowest BCUT2D eigenvalue weighted by atomic mass is 9.66. The molecule has 1 heterocycles. The van der Waals surface area contributed by atoms with E-state index in [-0.39, 0.29) is 17.8 Å². The van der Waals surface area contributed by atoms with E-state index in [1.54, 1.807) is 0 Å². The normalized spacial score (nSPS) is 29.3. The van der Waals surface area contributed by atoms with Crippen molar-refractivity contribution in [2.75, 3.05) is 0 Å². The van der Waals surface area contributed by atoms with E-state index in [0.717, 1.165) is 36.3 Å². The Morgan fingerprint density at radius 1 is 1.17 bits per heavy atom. The number of ketones is 1. The number of hydrogen-bond acceptors (Lipinski definition) is 3. The zero-order chi connectivity index (χ0) is 16.9. The molecular weight excluding hydrogens is 316 g/mol. The van der Waals surface area contributed by atoms with E-state index in [9.17, 15) is 4.79 Å². The molecule has 0 amide bonds. The summed E-state index contributed by atoms with van der Waals surface area (Å²) in [6.45, 7) is 6.69. The number of allylic oxidation sites excluding steroid dienone is 1. The number of hydrogen-bond donors (Lipinski definition) is 0. The quantitative estimate of drug-likeness (QED) is 0.714. The molecular formula is C20H26O3Si. The largest absolute Gasteiger partial charge is 0.547 e. The van der Waals surface area contributed by atoms with Gasteiger partial charge in [0.25, 0.3) is 0 Å². The highest BCUT2D eigenvalue weighted by Gasteiger charge is 2.48. The molecule has 1 unspecified atom stereocenters. The highest BCUT2D eigenvalue weighted by Crippen LogP contribution is 2.49. The zero-order valence-electron chi connectivity index (χ0n) is 14.8. The molecule has 128 valence electrons. The molecule has 4 heteroatoms. The first-order valence-corrected chi connectivity index (χ1v) is 12.6. The first-order valence-electron chi connectivity index (χ1n) is 9.15. The second kappa shape index (κ2) is 5.76. The second-order valence-corrected chi connectivity index (χ2v) is 12.7. The summed E-state index contributed by atoms with van der Waals surface area (Å²) in [4.78, 5) is 13.2. The molecule has 1 fully saturated rings. The molecule has 3 aliphatic rings. The summed E-state index contributed by atoms with van der Waals surface area (Å²) < 4.78 is 12.7. The molecule has 1 saturated carbocycles. The maximum atomic E-state index is 13.2. The maximum Gasteiger partial charge on any atom is 0.241 e. The standard InChI is InChI=1S/C20H26O3Si/c1-24(2,3)23-17-12-18-19(14-9-5-4-8-13(14)17)20(21)15-10-6-7-11-16(15)22-18/h6-7,10-11,14,18-19H,4-5,8-9,12H2,1-3H3/t14?,18-,19+/m0/s1. The van der Waals surface area contributed by atoms with E-state index < -0.39 is 8.32 Å². The van der Waals surface area contributed by atoms with Crippen molar-refractivity contribution in [1.82, 2.24) is 0 Å². The molecule has 1 aromatic rings. The van der Waals surface area contributed by atoms with Gasteiger partial charge in [0.15, 0.2) is 5.78 Å². The first-order chi connectivity index (χ1) is 11.4. The summed E-state index contributed by atoms with van der Waals surface area (Å²) in [5, 5.41) is 0. The Morgan fingerprint density at radius 3 is 2.75 bits per heavy atom. The molecule has 2 aliphatic carbocycles. The fourth-order valence-electron chi connectivity index (χ4n) is 4.54. The number of Topliss-reactive ketones (excluding diaryl/α,β-unsaturated/α-hetero) is 1. The van der Waals surface area contributed by atoms with E-state index in [2.05, 4.69) is 19.6 Å². The molecule has 0 aromatic heterocycles. The van der Waals surface area contributed by atoms with Crippen molar-refractivity contribution in [2.45, 2.75) is 57.8 Å². The Hall–Kier alpha value is -1.55. The van der Waals surface area contributed by atoms with Crippen LogP contribution in [0.5, 0.6) is 5.75 Å². The molecule has 24 heavy (non-hydrogen) atoms. The number of carbonyl (C=O) groups is 1. The van der Waals surface area contributed by atoms with Crippen LogP contribution in [0.2, 0.25) is 19.6 Å². The van der Waals surface area contributed by atoms with Crippen LogP contribution in [0.3, 0.4) is 0 Å². The summed E-state index contributed by atoms with van der Waals surface area (Å²) in [7, 11) is -1.66. The summed E-state index contributed by atoms with van der Waals surface area (Å²) in [5.74, 6) is 2.45. The van der Waals surface area contributed by atoms with E-state index in [1.807, 2.05) is 24.3 Å². The highest BCUT2D eigenvalue weighted by atomic mass is 28.4. The van der Waals surface area contributed by atoms with Gasteiger partial charge in [0, 0.05) is 6.42 Å². The Bertz CT molecular complexity index is 701. The molecule has 0 radical (unpaired) electrons. The van der Waals surface area contributed by atoms with Crippen LogP contribution in [0.1, 0.15) is 42.5 Å². The number of rotatable bonds is 2. The van der Waals surface area contributed by atoms with Gasteiger partial charge < -0.3 is 9.16 Å². The molecule has 0 bridgehead atoms. The third-order valence-corrected chi connectivity index (χ3v) is 6.26. The van der Waals surface area contributed by atoms with Gasteiger partial charge in [-0.25, -0.2) is 0 Å². The minimum atomic E-state index is -1.66. The van der Waals surface area contributed by atoms with Gasteiger partial charge in [-0.1, -0.05) is 18.6 Å². The number of benzene rings is 1. The fourth-order valence-corrected chi connectivity index (χ4v) is 5.49. The van der Waals surface area contributed by atoms with Crippen molar-refractivity contribution in [3.8, 4) is 5.75 Å². The van der Waals surface area contributed by atoms with Crippen molar-refractivity contribution in [2.24, 2.45) is 11.8 Å². The first kappa shape index (κ1) is 15.9. The molecule has 1 aliphatic heterocycles. The van der Waals surface area contributed by atoms with Crippen LogP contribution in [0.15, 0.2) is 35.6 Å². The molecule has 3 atom stereocenters. The van der Waals surface area contributed by atoms with Gasteiger partial charge in [-0.05, 0) is 62.5 Å². The van der Waals surface area contributed by atoms with Crippen LogP contribution < -0.4 is 4.74 Å². The topological polar surface area (TPSA) is 35.5 Å². The van der Waals surface area contributed by atoms with Gasteiger partial charge in [-0.3, -0.25) is 4.79 Å². The lowest BCUT2D eigenvalue weighted by Crippen LogP contribution is -2.47. The minimum absolute atomic E-state index is 0.0239. The van der Waals surface area contributed by atoms with Crippen molar-refractivity contribution in [3.63, 3.8) is 0 Å². The molecule has 1 aromatic carbocycles. The second-order valence-electron chi connectivity index (χ2n) is 8.26. The molecule has 0 saturated heterocycles. The fraction of sp³-hybridized carbons (Fsp3) is 0.550. The van der Waals surface area contributed by atoms with Crippen LogP contribution in [0.25, 0.3) is 0 Å². The summed E-state index contributed by atoms with van der Waals surface area (Å²) in [5.41, 5.74) is 2.18. The number of carbonyl (C=O) groups excluding carboxylic acids is 1. The van der Waals surface area contributed by atoms with E-state index >= 15 is 0 Å². The van der Waals surface area contributed by atoms with Crippen LogP contribution in [0.4, 0.5) is 0 Å². The average molecular weight is 343 g/mol. The van der Waals surface area contributed by atoms with E-state index in [1.165, 1.54) is 18.4 Å². The Labute approximate surface area is 145 Å². The smallest absolute Gasteiger partial charge is 0.241 e. The van der Waals surface area contributed by atoms with Gasteiger partial charge in [-0.2, -0.15) is 0 Å². The monoisotopic (exact) mass is 342 g/mol. The third-order valence-electron chi connectivity index (χ3n) is 5.40. The van der Waals surface area contributed by atoms with Gasteiger partial charge in [0.05, 0.1) is 17.2 Å². The van der Waals surface area contributed by atoms with Crippen molar-refractivity contribution in [1.29, 1.82) is 0 Å². The minimum Gasteiger partial charge on any atom is -0.547 e. The maximum absolute atomic E-state index is 13.2. The number of fused-ring (bicyclic) bond motifs is 4. The van der Waals surface area contributed by atoms with Crippen LogP contribution in [-0.2, 0) is 4.43 Å². The Morgan fingerprint density at radius 2 is 1.96 bits per heavy atom. The van der Waals surface area contributed by atoms with E-state index in [0.29, 0.717) is 5.92 Å². The molecule has 4 rings (SSSR count). The predicted octanol–water partition coefficient (Wildman–Crippen LogP) is 4.95. The van der Waals surface area contributed by atoms with Gasteiger partial charge >= 0.3 is 0 Å². The number of ether oxygens (including phenoxy) is 1. The van der Waals surface area contributed by atoms with Crippen LogP contribution in [-0.4, -0.2) is 20.2 Å². The third kappa shape index (κ3) is 2.71. The Kier molecular flexibility index (Phi) is 3.83. The van der Waals surface area contributed by atoms with Crippen molar-refractivity contribution in [3.05, 3.63) is 41.2 Å². The summed E-state index contributed by atoms with van der Waals surface area (Å²) in [6, 6.07) is 7.70. The zero-order valence-corrected chi connectivity index (χ0v) is 15.8. The summed E-state index contributed by atoms with van der Waals surface area (Å²) in [6.07, 6.45) is 5.28. The molecule has 3 nitrogen and oxygen atoms in total. The average Bonchev–Trinajstić information content (AvgIpc) is 2.53. The summed E-state index contributed by atoms with van der Waals surface area (Å²) >= 11 is 0. The van der Waals surface area contributed by atoms with Gasteiger partial charge in [0.1, 0.15) is 11.9 Å². The predicted molar refractivity (Wildman–Crippen MR) is 96.7 cm³/mol. The van der Waals surface area contributed by atoms with Gasteiger partial charge in [0.2, 0.25) is 8.32 Å².